The maximum Gasteiger partial charge on any atom is 0.318 e. The van der Waals surface area contributed by atoms with E-state index in [0.717, 1.165) is 22.9 Å². The third-order valence-corrected chi connectivity index (χ3v) is 9.49. The third kappa shape index (κ3) is 6.58. The van der Waals surface area contributed by atoms with Gasteiger partial charge in [0.05, 0.1) is 17.9 Å². The molecule has 1 aliphatic heterocycles. The van der Waals surface area contributed by atoms with Crippen LogP contribution in [0.25, 0.3) is 11.5 Å². The summed E-state index contributed by atoms with van der Waals surface area (Å²) in [5.41, 5.74) is 1.86. The molecule has 3 aromatic carbocycles. The SMILES string of the molecule is Cc1oc(-c2cc(F)c(C)c(F)c2F)nc1CCOc1ccc(CN(CC(=O)O)S(=O)(=O)C2CCc3ccccc3N2)cc1. The highest BCUT2D eigenvalue weighted by atomic mass is 32.2. The molecule has 2 N–H and O–H groups in total. The molecule has 0 aliphatic carbocycles. The standard InChI is InChI=1S/C31H30F3N3O6S/c1-18-24(32)15-23(30(34)29(18)33)31-36-25(19(2)43-31)13-14-42-22-10-7-20(8-11-22)16-37(17-28(38)39)44(40,41)27-12-9-21-5-3-4-6-26(21)35-27/h3-8,10-11,15,27,35H,9,12-14,16-17H2,1-2H3,(H,38,39). The molecule has 0 bridgehead atoms. The summed E-state index contributed by atoms with van der Waals surface area (Å²) in [6, 6.07) is 14.8. The van der Waals surface area contributed by atoms with Gasteiger partial charge in [0, 0.05) is 24.2 Å². The van der Waals surface area contributed by atoms with Crippen molar-refractivity contribution in [3.63, 3.8) is 0 Å². The minimum Gasteiger partial charge on any atom is -0.493 e. The number of para-hydroxylation sites is 1. The summed E-state index contributed by atoms with van der Waals surface area (Å²) in [4.78, 5) is 15.8. The first-order chi connectivity index (χ1) is 20.9. The highest BCUT2D eigenvalue weighted by Crippen LogP contribution is 2.30. The number of aliphatic carboxylic acids is 1. The van der Waals surface area contributed by atoms with Crippen LogP contribution in [0.2, 0.25) is 0 Å². The number of hydrogen-bond acceptors (Lipinski definition) is 7. The lowest BCUT2D eigenvalue weighted by Crippen LogP contribution is -2.45. The maximum absolute atomic E-state index is 14.4. The number of ether oxygens (including phenoxy) is 1. The maximum atomic E-state index is 14.4. The molecule has 4 aromatic rings. The van der Waals surface area contributed by atoms with Crippen molar-refractivity contribution in [2.45, 2.75) is 45.0 Å². The van der Waals surface area contributed by atoms with Crippen molar-refractivity contribution in [1.82, 2.24) is 9.29 Å². The topological polar surface area (TPSA) is 122 Å². The normalized spacial score (nSPS) is 14.7. The summed E-state index contributed by atoms with van der Waals surface area (Å²) in [5.74, 6) is -4.17. The molecular weight excluding hydrogens is 599 g/mol. The van der Waals surface area contributed by atoms with Crippen LogP contribution in [0.1, 0.15) is 34.6 Å². The number of carboxylic acids is 1. The van der Waals surface area contributed by atoms with E-state index in [2.05, 4.69) is 10.3 Å². The number of carbonyl (C=O) groups is 1. The van der Waals surface area contributed by atoms with E-state index in [4.69, 9.17) is 9.15 Å². The summed E-state index contributed by atoms with van der Waals surface area (Å²) < 4.78 is 81.5. The zero-order valence-corrected chi connectivity index (χ0v) is 24.8. The smallest absolute Gasteiger partial charge is 0.318 e. The second kappa shape index (κ2) is 12.7. The lowest BCUT2D eigenvalue weighted by atomic mass is 10.0. The fourth-order valence-electron chi connectivity index (χ4n) is 4.98. The Morgan fingerprint density at radius 2 is 1.84 bits per heavy atom. The number of nitrogens with zero attached hydrogens (tertiary/aromatic N) is 2. The number of rotatable bonds is 11. The predicted molar refractivity (Wildman–Crippen MR) is 156 cm³/mol. The number of oxazole rings is 1. The average Bonchev–Trinajstić information content (AvgIpc) is 3.37. The Bertz CT molecular complexity index is 1790. The molecule has 0 radical (unpaired) electrons. The quantitative estimate of drug-likeness (QED) is 0.206. The number of benzene rings is 3. The zero-order valence-electron chi connectivity index (χ0n) is 23.9. The van der Waals surface area contributed by atoms with Crippen LogP contribution in [0.3, 0.4) is 0 Å². The van der Waals surface area contributed by atoms with Gasteiger partial charge in [-0.05, 0) is 62.1 Å². The Kier molecular flexibility index (Phi) is 8.97. The molecule has 0 saturated carbocycles. The fraction of sp³-hybridized carbons (Fsp3) is 0.290. The van der Waals surface area contributed by atoms with Gasteiger partial charge < -0.3 is 19.6 Å². The molecule has 1 aliphatic rings. The lowest BCUT2D eigenvalue weighted by Gasteiger charge is -2.31. The van der Waals surface area contributed by atoms with Crippen LogP contribution in [0, 0.1) is 31.3 Å². The van der Waals surface area contributed by atoms with Gasteiger partial charge in [-0.1, -0.05) is 30.3 Å². The van der Waals surface area contributed by atoms with Crippen molar-refractivity contribution in [3.8, 4) is 17.2 Å². The minimum absolute atomic E-state index is 0.138. The molecule has 9 nitrogen and oxygen atoms in total. The molecule has 0 fully saturated rings. The van der Waals surface area contributed by atoms with Gasteiger partial charge in [-0.25, -0.2) is 26.6 Å². The molecule has 2 heterocycles. The van der Waals surface area contributed by atoms with Crippen molar-refractivity contribution in [2.75, 3.05) is 18.5 Å². The van der Waals surface area contributed by atoms with Crippen LogP contribution in [0.15, 0.2) is 59.0 Å². The van der Waals surface area contributed by atoms with E-state index < -0.39 is 56.5 Å². The molecule has 1 unspecified atom stereocenters. The largest absolute Gasteiger partial charge is 0.493 e. The molecule has 1 atom stereocenters. The van der Waals surface area contributed by atoms with Gasteiger partial charge in [0.1, 0.15) is 29.2 Å². The number of fused-ring (bicyclic) bond motifs is 1. The summed E-state index contributed by atoms with van der Waals surface area (Å²) in [7, 11) is -4.02. The Labute approximate surface area is 252 Å². The van der Waals surface area contributed by atoms with Crippen molar-refractivity contribution in [1.29, 1.82) is 0 Å². The average molecular weight is 630 g/mol. The molecule has 0 amide bonds. The highest BCUT2D eigenvalue weighted by molar-refractivity contribution is 7.89. The number of aryl methyl sites for hydroxylation is 2. The second-order valence-electron chi connectivity index (χ2n) is 10.5. The fourth-order valence-corrected chi connectivity index (χ4v) is 6.65. The molecule has 0 saturated heterocycles. The first-order valence-corrected chi connectivity index (χ1v) is 15.3. The van der Waals surface area contributed by atoms with Crippen LogP contribution >= 0.6 is 0 Å². The molecule has 44 heavy (non-hydrogen) atoms. The minimum atomic E-state index is -4.02. The van der Waals surface area contributed by atoms with E-state index in [0.29, 0.717) is 41.3 Å². The van der Waals surface area contributed by atoms with Gasteiger partial charge in [-0.2, -0.15) is 4.31 Å². The van der Waals surface area contributed by atoms with Crippen LogP contribution in [-0.4, -0.2) is 47.3 Å². The Morgan fingerprint density at radius 1 is 1.11 bits per heavy atom. The number of sulfonamides is 1. The molecule has 232 valence electrons. The number of nitrogens with one attached hydrogen (secondary N) is 1. The van der Waals surface area contributed by atoms with E-state index in [9.17, 15) is 31.5 Å². The van der Waals surface area contributed by atoms with Crippen molar-refractivity contribution < 1.29 is 40.6 Å². The van der Waals surface area contributed by atoms with E-state index in [1.165, 1.54) is 0 Å². The molecule has 0 spiro atoms. The van der Waals surface area contributed by atoms with Crippen LogP contribution < -0.4 is 10.1 Å². The second-order valence-corrected chi connectivity index (χ2v) is 12.6. The highest BCUT2D eigenvalue weighted by Gasteiger charge is 2.35. The van der Waals surface area contributed by atoms with Gasteiger partial charge in [0.15, 0.2) is 11.6 Å². The molecular formula is C31H30F3N3O6S. The van der Waals surface area contributed by atoms with Crippen molar-refractivity contribution in [2.24, 2.45) is 0 Å². The Hall–Kier alpha value is -4.36. The monoisotopic (exact) mass is 629 g/mol. The molecule has 5 rings (SSSR count). The van der Waals surface area contributed by atoms with Crippen LogP contribution in [0.4, 0.5) is 18.9 Å². The number of aromatic nitrogens is 1. The summed E-state index contributed by atoms with van der Waals surface area (Å²) >= 11 is 0. The predicted octanol–water partition coefficient (Wildman–Crippen LogP) is 5.60. The van der Waals surface area contributed by atoms with E-state index in [-0.39, 0.29) is 25.5 Å². The molecule has 13 heteroatoms. The number of halogens is 3. The van der Waals surface area contributed by atoms with Gasteiger partial charge in [-0.3, -0.25) is 4.79 Å². The van der Waals surface area contributed by atoms with Gasteiger partial charge in [0.25, 0.3) is 0 Å². The van der Waals surface area contributed by atoms with Gasteiger partial charge in [-0.15, -0.1) is 0 Å². The molecule has 1 aromatic heterocycles. The number of carboxylic acid groups (broad SMARTS) is 1. The van der Waals surface area contributed by atoms with Gasteiger partial charge in [0.2, 0.25) is 15.9 Å². The Morgan fingerprint density at radius 3 is 2.57 bits per heavy atom. The van der Waals surface area contributed by atoms with Crippen LogP contribution in [0.5, 0.6) is 5.75 Å². The zero-order chi connectivity index (χ0) is 31.6. The van der Waals surface area contributed by atoms with Gasteiger partial charge >= 0.3 is 5.97 Å². The van der Waals surface area contributed by atoms with E-state index in [1.54, 1.807) is 43.3 Å². The third-order valence-electron chi connectivity index (χ3n) is 7.44. The number of anilines is 1. The van der Waals surface area contributed by atoms with Crippen LogP contribution in [-0.2, 0) is 34.2 Å². The van der Waals surface area contributed by atoms with E-state index in [1.807, 2.05) is 12.1 Å². The first kappa shape index (κ1) is 31.1. The number of hydrogen-bond donors (Lipinski definition) is 2. The first-order valence-electron chi connectivity index (χ1n) is 13.8. The summed E-state index contributed by atoms with van der Waals surface area (Å²) in [6.07, 6.45) is 1.11. The Balaban J connectivity index is 1.21. The van der Waals surface area contributed by atoms with Crippen molar-refractivity contribution >= 4 is 21.7 Å². The lowest BCUT2D eigenvalue weighted by molar-refractivity contribution is -0.137. The summed E-state index contributed by atoms with van der Waals surface area (Å²) in [6.45, 7) is 2.03. The van der Waals surface area contributed by atoms with Crippen molar-refractivity contribution in [3.05, 3.63) is 100 Å². The van der Waals surface area contributed by atoms with E-state index >= 15 is 0 Å². The summed E-state index contributed by atoms with van der Waals surface area (Å²) in [5, 5.41) is 11.5.